The Hall–Kier alpha value is -0.150. The maximum Gasteiger partial charge on any atom is 0.0785 e. The van der Waals surface area contributed by atoms with Crippen molar-refractivity contribution in [2.24, 2.45) is 0 Å². The van der Waals surface area contributed by atoms with E-state index < -0.39 is 0 Å². The van der Waals surface area contributed by atoms with E-state index in [9.17, 15) is 0 Å². The highest BCUT2D eigenvalue weighted by Gasteiger charge is 2.17. The maximum absolute atomic E-state index is 6.34. The Morgan fingerprint density at radius 1 is 0.857 bits per heavy atom. The Morgan fingerprint density at radius 2 is 1.52 bits per heavy atom. The lowest BCUT2D eigenvalue weighted by molar-refractivity contribution is 0.652. The molecule has 0 amide bonds. The van der Waals surface area contributed by atoms with E-state index in [-0.39, 0.29) is 11.1 Å². The van der Waals surface area contributed by atoms with Gasteiger partial charge in [-0.3, -0.25) is 0 Å². The van der Waals surface area contributed by atoms with Gasteiger partial charge in [0.15, 0.2) is 0 Å². The van der Waals surface area contributed by atoms with Crippen molar-refractivity contribution in [3.05, 3.63) is 54.9 Å². The summed E-state index contributed by atoms with van der Waals surface area (Å²) in [6, 6.07) is 7.39. The van der Waals surface area contributed by atoms with Crippen molar-refractivity contribution in [1.82, 2.24) is 5.32 Å². The fourth-order valence-corrected chi connectivity index (χ4v) is 3.49. The molecule has 0 aliphatic heterocycles. The third-order valence-electron chi connectivity index (χ3n) is 3.30. The molecule has 0 bridgehead atoms. The van der Waals surface area contributed by atoms with Crippen molar-refractivity contribution < 1.29 is 0 Å². The lowest BCUT2D eigenvalue weighted by Crippen LogP contribution is -2.12. The molecule has 0 aliphatic rings. The molecule has 0 aromatic heterocycles. The molecule has 21 heavy (non-hydrogen) atoms. The number of benzene rings is 2. The number of hydrogen-bond donors (Lipinski definition) is 1. The molecule has 0 aliphatic carbocycles. The fourth-order valence-electron chi connectivity index (χ4n) is 2.02. The molecule has 112 valence electrons. The largest absolute Gasteiger partial charge is 0.313 e. The first-order chi connectivity index (χ1) is 9.86. The molecular weight excluding hydrogens is 371 g/mol. The van der Waals surface area contributed by atoms with Gasteiger partial charge < -0.3 is 5.32 Å². The summed E-state index contributed by atoms with van der Waals surface area (Å²) in [7, 11) is 1.88. The van der Waals surface area contributed by atoms with Gasteiger partial charge in [-0.05, 0) is 37.2 Å². The van der Waals surface area contributed by atoms with Gasteiger partial charge in [-0.2, -0.15) is 0 Å². The molecular formula is C15H12Cl5N. The van der Waals surface area contributed by atoms with Crippen LogP contribution in [0, 0.1) is 0 Å². The summed E-state index contributed by atoms with van der Waals surface area (Å²) in [5.41, 5.74) is 2.41. The van der Waals surface area contributed by atoms with E-state index in [0.717, 1.165) is 11.1 Å². The van der Waals surface area contributed by atoms with Crippen LogP contribution >= 0.6 is 58.0 Å². The van der Waals surface area contributed by atoms with E-state index >= 15 is 0 Å². The monoisotopic (exact) mass is 381 g/mol. The van der Waals surface area contributed by atoms with Gasteiger partial charge in [0.25, 0.3) is 0 Å². The quantitative estimate of drug-likeness (QED) is 0.449. The zero-order valence-electron chi connectivity index (χ0n) is 11.3. The van der Waals surface area contributed by atoms with Crippen LogP contribution < -0.4 is 5.32 Å². The summed E-state index contributed by atoms with van der Waals surface area (Å²) in [5, 5.41) is 5.13. The molecule has 0 radical (unpaired) electrons. The Balaban J connectivity index is 2.59. The van der Waals surface area contributed by atoms with Gasteiger partial charge in [-0.1, -0.05) is 70.1 Å². The first-order valence-corrected chi connectivity index (χ1v) is 8.05. The molecule has 1 nitrogen and oxygen atoms in total. The lowest BCUT2D eigenvalue weighted by atomic mass is 10.0. The highest BCUT2D eigenvalue weighted by Crippen LogP contribution is 2.44. The van der Waals surface area contributed by atoms with Gasteiger partial charge in [0, 0.05) is 16.6 Å². The highest BCUT2D eigenvalue weighted by molar-refractivity contribution is 6.51. The summed E-state index contributed by atoms with van der Waals surface area (Å²) in [5.74, 6) is 0. The van der Waals surface area contributed by atoms with E-state index in [4.69, 9.17) is 58.0 Å². The normalized spacial score (nSPS) is 12.5. The molecule has 6 heteroatoms. The van der Waals surface area contributed by atoms with Crippen LogP contribution in [0.25, 0.3) is 11.1 Å². The Morgan fingerprint density at radius 3 is 2.10 bits per heavy atom. The summed E-state index contributed by atoms with van der Waals surface area (Å²) >= 11 is 30.9. The molecule has 0 spiro atoms. The lowest BCUT2D eigenvalue weighted by Gasteiger charge is -2.15. The first-order valence-electron chi connectivity index (χ1n) is 6.16. The zero-order valence-corrected chi connectivity index (χ0v) is 15.1. The average Bonchev–Trinajstić information content (AvgIpc) is 2.44. The van der Waals surface area contributed by atoms with Crippen molar-refractivity contribution >= 4 is 58.0 Å². The molecule has 0 heterocycles. The number of hydrogen-bond acceptors (Lipinski definition) is 1. The summed E-state index contributed by atoms with van der Waals surface area (Å²) in [6.45, 7) is 2.03. The van der Waals surface area contributed by atoms with Crippen molar-refractivity contribution in [2.45, 2.75) is 13.0 Å². The average molecular weight is 384 g/mol. The van der Waals surface area contributed by atoms with Gasteiger partial charge in [-0.15, -0.1) is 0 Å². The number of rotatable bonds is 3. The van der Waals surface area contributed by atoms with Crippen molar-refractivity contribution in [2.75, 3.05) is 7.05 Å². The second kappa shape index (κ2) is 6.95. The van der Waals surface area contributed by atoms with Gasteiger partial charge in [0.05, 0.1) is 20.1 Å². The third-order valence-corrected chi connectivity index (χ3v) is 5.19. The minimum Gasteiger partial charge on any atom is -0.313 e. The van der Waals surface area contributed by atoms with Crippen molar-refractivity contribution in [3.63, 3.8) is 0 Å². The zero-order chi connectivity index (χ0) is 15.7. The predicted molar refractivity (Wildman–Crippen MR) is 94.4 cm³/mol. The SMILES string of the molecule is CNC(C)c1ccc(-c2c(Cl)cc(Cl)c(Cl)c2Cl)cc1Cl. The van der Waals surface area contributed by atoms with Crippen molar-refractivity contribution in [1.29, 1.82) is 0 Å². The van der Waals surface area contributed by atoms with E-state index in [0.29, 0.717) is 25.7 Å². The Bertz CT molecular complexity index is 684. The van der Waals surface area contributed by atoms with Crippen LogP contribution in [0.1, 0.15) is 18.5 Å². The molecule has 0 fully saturated rings. The smallest absolute Gasteiger partial charge is 0.0785 e. The topological polar surface area (TPSA) is 12.0 Å². The molecule has 0 saturated heterocycles. The number of nitrogens with one attached hydrogen (secondary N) is 1. The molecule has 2 aromatic carbocycles. The molecule has 1 N–H and O–H groups in total. The Kier molecular flexibility index (Phi) is 5.70. The van der Waals surface area contributed by atoms with Crippen molar-refractivity contribution in [3.8, 4) is 11.1 Å². The molecule has 0 saturated carbocycles. The molecule has 1 atom stereocenters. The summed E-state index contributed by atoms with van der Waals surface area (Å²) in [6.07, 6.45) is 0. The second-order valence-electron chi connectivity index (χ2n) is 4.59. The van der Waals surface area contributed by atoms with E-state index in [1.807, 2.05) is 32.2 Å². The molecule has 2 rings (SSSR count). The molecule has 2 aromatic rings. The first kappa shape index (κ1) is 17.2. The standard InChI is InChI=1S/C15H12Cl5N/c1-7(21-2)9-4-3-8(5-10(9)16)13-11(17)6-12(18)14(19)15(13)20/h3-7,21H,1-2H3. The minimum atomic E-state index is 0.145. The van der Waals surface area contributed by atoms with Crippen LogP contribution in [-0.2, 0) is 0 Å². The fraction of sp³-hybridized carbons (Fsp3) is 0.200. The van der Waals surface area contributed by atoms with Gasteiger partial charge >= 0.3 is 0 Å². The maximum atomic E-state index is 6.34. The number of halogens is 5. The van der Waals surface area contributed by atoms with Gasteiger partial charge in [0.1, 0.15) is 0 Å². The van der Waals surface area contributed by atoms with E-state index in [2.05, 4.69) is 5.32 Å². The van der Waals surface area contributed by atoms with Crippen LogP contribution in [0.4, 0.5) is 0 Å². The third kappa shape index (κ3) is 3.44. The predicted octanol–water partition coefficient (Wildman–Crippen LogP) is 6.90. The minimum absolute atomic E-state index is 0.145. The van der Waals surface area contributed by atoms with Gasteiger partial charge in [-0.25, -0.2) is 0 Å². The van der Waals surface area contributed by atoms with Crippen LogP contribution in [0.15, 0.2) is 24.3 Å². The van der Waals surface area contributed by atoms with E-state index in [1.54, 1.807) is 6.07 Å². The van der Waals surface area contributed by atoms with Crippen LogP contribution in [0.2, 0.25) is 25.1 Å². The van der Waals surface area contributed by atoms with Crippen LogP contribution in [-0.4, -0.2) is 7.05 Å². The van der Waals surface area contributed by atoms with Crippen LogP contribution in [0.5, 0.6) is 0 Å². The second-order valence-corrected chi connectivity index (χ2v) is 6.57. The van der Waals surface area contributed by atoms with Gasteiger partial charge in [0.2, 0.25) is 0 Å². The highest BCUT2D eigenvalue weighted by atomic mass is 35.5. The van der Waals surface area contributed by atoms with E-state index in [1.165, 1.54) is 0 Å². The summed E-state index contributed by atoms with van der Waals surface area (Å²) in [4.78, 5) is 0. The van der Waals surface area contributed by atoms with Crippen LogP contribution in [0.3, 0.4) is 0 Å². The molecule has 1 unspecified atom stereocenters. The summed E-state index contributed by atoms with van der Waals surface area (Å²) < 4.78 is 0. The Labute approximate surface area is 149 Å².